The lowest BCUT2D eigenvalue weighted by Gasteiger charge is -2.31. The van der Waals surface area contributed by atoms with E-state index < -0.39 is 52.5 Å². The third-order valence-electron chi connectivity index (χ3n) is 7.88. The van der Waals surface area contributed by atoms with Crippen molar-refractivity contribution in [1.29, 1.82) is 0 Å². The molecule has 0 saturated carbocycles. The number of nitrogens with zero attached hydrogens (tertiary/aromatic N) is 1. The van der Waals surface area contributed by atoms with Crippen molar-refractivity contribution < 1.29 is 36.2 Å². The first kappa shape index (κ1) is 33.6. The standard InChI is InChI=1S/C30H37BrF3N3O5S/c1-37(43(40,41)15-13-30(32,33)34)26-10-6-3-7-14-42-28-18-24(23-17-21(31)11-12-22(23)28)35-19-27(38)25(36-29(26)39)16-20-8-4-2-5-9-20/h2-5,7-9,11-12,17,24-28,35,38H,6,10,13-16,18-19H2,1H3,(H,36,39)/t24-,25-,26-,27+,28+/m0/s1. The van der Waals surface area contributed by atoms with E-state index in [1.807, 2.05) is 48.5 Å². The summed E-state index contributed by atoms with van der Waals surface area (Å²) in [7, 11) is -3.30. The van der Waals surface area contributed by atoms with Crippen LogP contribution in [0.3, 0.4) is 0 Å². The van der Waals surface area contributed by atoms with Gasteiger partial charge < -0.3 is 20.5 Å². The van der Waals surface area contributed by atoms with Crippen molar-refractivity contribution in [3.8, 4) is 0 Å². The number of benzene rings is 2. The van der Waals surface area contributed by atoms with Crippen molar-refractivity contribution in [3.05, 3.63) is 81.8 Å². The van der Waals surface area contributed by atoms with Gasteiger partial charge in [0.25, 0.3) is 0 Å². The second-order valence-corrected chi connectivity index (χ2v) is 14.0. The maximum atomic E-state index is 13.6. The first-order valence-electron chi connectivity index (χ1n) is 14.2. The van der Waals surface area contributed by atoms with Crippen LogP contribution in [0.2, 0.25) is 0 Å². The van der Waals surface area contributed by atoms with Gasteiger partial charge in [0, 0.05) is 24.1 Å². The zero-order valence-corrected chi connectivity index (χ0v) is 26.2. The van der Waals surface area contributed by atoms with E-state index in [2.05, 4.69) is 26.6 Å². The quantitative estimate of drug-likeness (QED) is 0.385. The number of ether oxygens (including phenoxy) is 1. The van der Waals surface area contributed by atoms with Crippen molar-refractivity contribution in [2.24, 2.45) is 0 Å². The Balaban J connectivity index is 1.61. The number of β-amino-alcohol motifs (C(OH)–C–C–N with tert-alkyl or cyclic N) is 1. The fraction of sp³-hybridized carbons (Fsp3) is 0.500. The molecular formula is C30H37BrF3N3O5S. The summed E-state index contributed by atoms with van der Waals surface area (Å²) in [4.78, 5) is 13.6. The highest BCUT2D eigenvalue weighted by Gasteiger charge is 2.37. The average molecular weight is 689 g/mol. The Bertz CT molecular complexity index is 1380. The van der Waals surface area contributed by atoms with E-state index >= 15 is 0 Å². The van der Waals surface area contributed by atoms with E-state index in [1.165, 1.54) is 0 Å². The summed E-state index contributed by atoms with van der Waals surface area (Å²) in [5, 5.41) is 17.6. The molecule has 0 aromatic heterocycles. The van der Waals surface area contributed by atoms with E-state index in [-0.39, 0.29) is 44.6 Å². The van der Waals surface area contributed by atoms with Crippen LogP contribution in [0, 0.1) is 0 Å². The van der Waals surface area contributed by atoms with Crippen LogP contribution in [0.5, 0.6) is 0 Å². The molecule has 1 aliphatic heterocycles. The first-order chi connectivity index (χ1) is 20.3. The number of nitrogens with one attached hydrogen (secondary N) is 2. The lowest BCUT2D eigenvalue weighted by Crippen LogP contribution is -2.55. The monoisotopic (exact) mass is 687 g/mol. The average Bonchev–Trinajstić information content (AvgIpc) is 3.29. The number of alkyl halides is 3. The molecule has 2 aromatic rings. The van der Waals surface area contributed by atoms with Crippen molar-refractivity contribution in [1.82, 2.24) is 14.9 Å². The van der Waals surface area contributed by atoms with E-state index in [0.717, 1.165) is 32.5 Å². The number of allylic oxidation sites excluding steroid dienone is 1. The molecule has 1 aliphatic carbocycles. The molecule has 43 heavy (non-hydrogen) atoms. The van der Waals surface area contributed by atoms with Crippen LogP contribution < -0.4 is 10.6 Å². The Morgan fingerprint density at radius 2 is 1.86 bits per heavy atom. The number of halogens is 4. The molecule has 0 unspecified atom stereocenters. The number of carbonyl (C=O) groups excluding carboxylic acids is 1. The van der Waals surface area contributed by atoms with Crippen LogP contribution >= 0.6 is 15.9 Å². The Morgan fingerprint density at radius 3 is 2.58 bits per heavy atom. The number of hydrogen-bond donors (Lipinski definition) is 3. The first-order valence-corrected chi connectivity index (χ1v) is 16.6. The highest BCUT2D eigenvalue weighted by atomic mass is 79.9. The number of fused-ring (bicyclic) bond motifs is 5. The number of hydrogen-bond acceptors (Lipinski definition) is 6. The highest BCUT2D eigenvalue weighted by molar-refractivity contribution is 9.10. The molecule has 13 heteroatoms. The zero-order chi connectivity index (χ0) is 31.2. The van der Waals surface area contributed by atoms with E-state index in [4.69, 9.17) is 4.74 Å². The van der Waals surface area contributed by atoms with Gasteiger partial charge in [0.15, 0.2) is 0 Å². The molecule has 1 amide bonds. The number of aliphatic hydroxyl groups is 1. The van der Waals surface area contributed by atoms with Crippen LogP contribution in [0.4, 0.5) is 13.2 Å². The normalized spacial score (nSPS) is 25.8. The van der Waals surface area contributed by atoms with Crippen LogP contribution in [-0.2, 0) is 26.0 Å². The summed E-state index contributed by atoms with van der Waals surface area (Å²) < 4.78 is 72.1. The third-order valence-corrected chi connectivity index (χ3v) is 10.2. The fourth-order valence-corrected chi connectivity index (χ4v) is 7.21. The van der Waals surface area contributed by atoms with Gasteiger partial charge in [-0.15, -0.1) is 0 Å². The third kappa shape index (κ3) is 9.35. The number of amides is 1. The molecule has 236 valence electrons. The van der Waals surface area contributed by atoms with Gasteiger partial charge in [-0.05, 0) is 54.5 Å². The summed E-state index contributed by atoms with van der Waals surface area (Å²) in [6.45, 7) is 0.399. The summed E-state index contributed by atoms with van der Waals surface area (Å²) in [5.41, 5.74) is 2.94. The summed E-state index contributed by atoms with van der Waals surface area (Å²) in [5.74, 6) is -1.86. The minimum atomic E-state index is -4.66. The lowest BCUT2D eigenvalue weighted by atomic mass is 9.99. The molecule has 2 aliphatic rings. The molecule has 0 radical (unpaired) electrons. The Morgan fingerprint density at radius 1 is 1.12 bits per heavy atom. The largest absolute Gasteiger partial charge is 0.390 e. The molecule has 0 saturated heterocycles. The number of aliphatic hydroxyl groups excluding tert-OH is 1. The molecule has 3 N–H and O–H groups in total. The molecule has 8 nitrogen and oxygen atoms in total. The second kappa shape index (κ2) is 14.7. The number of carbonyl (C=O) groups is 1. The van der Waals surface area contributed by atoms with Gasteiger partial charge >= 0.3 is 6.18 Å². The summed E-state index contributed by atoms with van der Waals surface area (Å²) in [6, 6.07) is 13.0. The minimum absolute atomic E-state index is 0.0266. The molecule has 0 spiro atoms. The van der Waals surface area contributed by atoms with E-state index in [0.29, 0.717) is 6.42 Å². The summed E-state index contributed by atoms with van der Waals surface area (Å²) in [6.07, 6.45) is -2.64. The maximum absolute atomic E-state index is 13.6. The minimum Gasteiger partial charge on any atom is -0.390 e. The van der Waals surface area contributed by atoms with Crippen LogP contribution in [0.1, 0.15) is 54.5 Å². The molecule has 5 atom stereocenters. The lowest BCUT2D eigenvalue weighted by molar-refractivity contribution is -0.130. The predicted molar refractivity (Wildman–Crippen MR) is 161 cm³/mol. The topological polar surface area (TPSA) is 108 Å². The van der Waals surface area contributed by atoms with Gasteiger partial charge in [0.05, 0.1) is 37.0 Å². The van der Waals surface area contributed by atoms with Gasteiger partial charge in [0.1, 0.15) is 6.04 Å². The van der Waals surface area contributed by atoms with Crippen molar-refractivity contribution in [2.45, 2.75) is 68.6 Å². The van der Waals surface area contributed by atoms with Crippen LogP contribution in [0.25, 0.3) is 0 Å². The number of likely N-dealkylation sites (N-methyl/N-ethyl adjacent to an activating group) is 1. The van der Waals surface area contributed by atoms with Gasteiger partial charge in [-0.1, -0.05) is 64.5 Å². The van der Waals surface area contributed by atoms with Gasteiger partial charge in [-0.25, -0.2) is 8.42 Å². The van der Waals surface area contributed by atoms with Crippen LogP contribution in [-0.4, -0.2) is 74.1 Å². The molecule has 2 aromatic carbocycles. The zero-order valence-electron chi connectivity index (χ0n) is 23.8. The van der Waals surface area contributed by atoms with Gasteiger partial charge in [-0.2, -0.15) is 17.5 Å². The maximum Gasteiger partial charge on any atom is 0.390 e. The smallest absolute Gasteiger partial charge is 0.390 e. The second-order valence-electron chi connectivity index (χ2n) is 10.9. The molecule has 2 bridgehead atoms. The molecule has 1 heterocycles. The van der Waals surface area contributed by atoms with Crippen molar-refractivity contribution >= 4 is 31.9 Å². The SMILES string of the molecule is CN([C@H]1CCC=CCO[C@@H]2C[C@H](NC[C@@H](O)[C@H](Cc3ccccc3)NC1=O)c1cc(Br)ccc12)S(=O)(=O)CCC(F)(F)F. The van der Waals surface area contributed by atoms with Crippen LogP contribution in [0.15, 0.2) is 65.2 Å². The summed E-state index contributed by atoms with van der Waals surface area (Å²) >= 11 is 3.53. The Hall–Kier alpha value is -2.29. The van der Waals surface area contributed by atoms with E-state index in [9.17, 15) is 31.5 Å². The van der Waals surface area contributed by atoms with E-state index in [1.54, 1.807) is 12.2 Å². The molecular weight excluding hydrogens is 651 g/mol. The Labute approximate surface area is 258 Å². The number of sulfonamides is 1. The number of rotatable bonds is 6. The predicted octanol–water partition coefficient (Wildman–Crippen LogP) is 4.56. The molecule has 0 fully saturated rings. The molecule has 4 rings (SSSR count). The van der Waals surface area contributed by atoms with Gasteiger partial charge in [0.2, 0.25) is 15.9 Å². The van der Waals surface area contributed by atoms with Gasteiger partial charge in [-0.3, -0.25) is 4.79 Å². The van der Waals surface area contributed by atoms with Crippen molar-refractivity contribution in [3.63, 3.8) is 0 Å². The van der Waals surface area contributed by atoms with Crippen molar-refractivity contribution in [2.75, 3.05) is 26.0 Å². The fourth-order valence-electron chi connectivity index (χ4n) is 5.47. The highest BCUT2D eigenvalue weighted by Crippen LogP contribution is 2.42. The Kier molecular flexibility index (Phi) is 11.5.